The molecule has 1 N–H and O–H groups in total. The Morgan fingerprint density at radius 1 is 1.05 bits per heavy atom. The van der Waals surface area contributed by atoms with Gasteiger partial charge in [-0.1, -0.05) is 12.8 Å². The minimum atomic E-state index is -0.392. The number of rotatable bonds is 4. The van der Waals surface area contributed by atoms with E-state index in [2.05, 4.69) is 5.32 Å². The van der Waals surface area contributed by atoms with E-state index in [0.717, 1.165) is 38.4 Å². The maximum absolute atomic E-state index is 12.0. The van der Waals surface area contributed by atoms with Gasteiger partial charge in [0.1, 0.15) is 5.60 Å². The van der Waals surface area contributed by atoms with Crippen molar-refractivity contribution in [3.63, 3.8) is 0 Å². The Hall–Kier alpha value is -0.770. The normalized spacial score (nSPS) is 21.8. The first-order chi connectivity index (χ1) is 9.94. The molecule has 0 aromatic rings. The Kier molecular flexibility index (Phi) is 5.91. The maximum atomic E-state index is 12.0. The molecule has 1 heterocycles. The SMILES string of the molecule is CC(C)(C)OC(=O)N1CCC(CNCC2CCCC2)CC1. The van der Waals surface area contributed by atoms with Crippen LogP contribution in [0.5, 0.6) is 0 Å². The standard InChI is InChI=1S/C17H32N2O2/c1-17(2,3)21-16(20)19-10-8-15(9-11-19)13-18-12-14-6-4-5-7-14/h14-15,18H,4-13H2,1-3H3. The highest BCUT2D eigenvalue weighted by Crippen LogP contribution is 2.24. The predicted molar refractivity (Wildman–Crippen MR) is 85.4 cm³/mol. The molecule has 0 radical (unpaired) electrons. The van der Waals surface area contributed by atoms with Crippen molar-refractivity contribution in [3.8, 4) is 0 Å². The van der Waals surface area contributed by atoms with Gasteiger partial charge in [0, 0.05) is 13.1 Å². The van der Waals surface area contributed by atoms with E-state index in [1.54, 1.807) is 0 Å². The van der Waals surface area contributed by atoms with Crippen molar-refractivity contribution in [1.29, 1.82) is 0 Å². The summed E-state index contributed by atoms with van der Waals surface area (Å²) in [7, 11) is 0. The highest BCUT2D eigenvalue weighted by molar-refractivity contribution is 5.68. The first-order valence-corrected chi connectivity index (χ1v) is 8.63. The highest BCUT2D eigenvalue weighted by atomic mass is 16.6. The second kappa shape index (κ2) is 7.48. The molecule has 1 aliphatic heterocycles. The number of hydrogen-bond donors (Lipinski definition) is 1. The number of likely N-dealkylation sites (tertiary alicyclic amines) is 1. The monoisotopic (exact) mass is 296 g/mol. The van der Waals surface area contributed by atoms with E-state index in [9.17, 15) is 4.79 Å². The lowest BCUT2D eigenvalue weighted by Crippen LogP contribution is -2.43. The summed E-state index contributed by atoms with van der Waals surface area (Å²) in [4.78, 5) is 13.9. The predicted octanol–water partition coefficient (Wildman–Crippen LogP) is 3.41. The zero-order chi connectivity index (χ0) is 15.3. The van der Waals surface area contributed by atoms with Crippen molar-refractivity contribution in [2.75, 3.05) is 26.2 Å². The zero-order valence-electron chi connectivity index (χ0n) is 14.0. The van der Waals surface area contributed by atoms with Gasteiger partial charge in [0.25, 0.3) is 0 Å². The first-order valence-electron chi connectivity index (χ1n) is 8.63. The van der Waals surface area contributed by atoms with Gasteiger partial charge in [0.2, 0.25) is 0 Å². The lowest BCUT2D eigenvalue weighted by atomic mass is 9.96. The van der Waals surface area contributed by atoms with Crippen LogP contribution in [0.25, 0.3) is 0 Å². The molecule has 0 bridgehead atoms. The molecular formula is C17H32N2O2. The van der Waals surface area contributed by atoms with Crippen molar-refractivity contribution in [2.45, 2.75) is 64.9 Å². The minimum absolute atomic E-state index is 0.153. The van der Waals surface area contributed by atoms with Crippen LogP contribution < -0.4 is 5.32 Å². The molecule has 1 saturated carbocycles. The largest absolute Gasteiger partial charge is 0.444 e. The number of nitrogens with one attached hydrogen (secondary N) is 1. The third-order valence-electron chi connectivity index (χ3n) is 4.61. The molecule has 2 aliphatic rings. The van der Waals surface area contributed by atoms with Gasteiger partial charge in [0.05, 0.1) is 0 Å². The van der Waals surface area contributed by atoms with Gasteiger partial charge in [-0.05, 0) is 71.4 Å². The van der Waals surface area contributed by atoms with Gasteiger partial charge < -0.3 is 15.0 Å². The van der Waals surface area contributed by atoms with Gasteiger partial charge in [-0.3, -0.25) is 0 Å². The molecule has 0 atom stereocenters. The van der Waals surface area contributed by atoms with Crippen LogP contribution in [0, 0.1) is 11.8 Å². The molecule has 0 aromatic heterocycles. The first kappa shape index (κ1) is 16.6. The summed E-state index contributed by atoms with van der Waals surface area (Å²) in [6, 6.07) is 0. The molecule has 122 valence electrons. The Morgan fingerprint density at radius 3 is 2.10 bits per heavy atom. The fourth-order valence-electron chi connectivity index (χ4n) is 3.35. The Bertz CT molecular complexity index is 324. The van der Waals surface area contributed by atoms with E-state index in [1.807, 2.05) is 25.7 Å². The number of piperidine rings is 1. The van der Waals surface area contributed by atoms with Gasteiger partial charge in [-0.15, -0.1) is 0 Å². The van der Waals surface area contributed by atoms with Crippen molar-refractivity contribution in [1.82, 2.24) is 10.2 Å². The molecule has 2 fully saturated rings. The van der Waals surface area contributed by atoms with E-state index in [-0.39, 0.29) is 6.09 Å². The van der Waals surface area contributed by atoms with Crippen LogP contribution >= 0.6 is 0 Å². The number of carbonyl (C=O) groups excluding carboxylic acids is 1. The quantitative estimate of drug-likeness (QED) is 0.864. The van der Waals surface area contributed by atoms with Gasteiger partial charge in [0.15, 0.2) is 0 Å². The van der Waals surface area contributed by atoms with Crippen LogP contribution in [0.4, 0.5) is 4.79 Å². The van der Waals surface area contributed by atoms with Crippen LogP contribution in [0.3, 0.4) is 0 Å². The second-order valence-corrected chi connectivity index (χ2v) is 7.72. The summed E-state index contributed by atoms with van der Waals surface area (Å²) in [5, 5.41) is 3.64. The number of carbonyl (C=O) groups is 1. The zero-order valence-corrected chi connectivity index (χ0v) is 14.0. The molecule has 1 amide bonds. The Labute approximate surface area is 129 Å². The summed E-state index contributed by atoms with van der Waals surface area (Å²) >= 11 is 0. The molecule has 1 aliphatic carbocycles. The number of hydrogen-bond acceptors (Lipinski definition) is 3. The lowest BCUT2D eigenvalue weighted by molar-refractivity contribution is 0.0184. The van der Waals surface area contributed by atoms with Gasteiger partial charge in [-0.25, -0.2) is 4.79 Å². The Balaban J connectivity index is 1.60. The molecule has 21 heavy (non-hydrogen) atoms. The minimum Gasteiger partial charge on any atom is -0.444 e. The van der Waals surface area contributed by atoms with Crippen molar-refractivity contribution in [2.24, 2.45) is 11.8 Å². The molecule has 0 unspecified atom stereocenters. The molecule has 4 nitrogen and oxygen atoms in total. The molecule has 2 rings (SSSR count). The lowest BCUT2D eigenvalue weighted by Gasteiger charge is -2.33. The van der Waals surface area contributed by atoms with Gasteiger partial charge >= 0.3 is 6.09 Å². The molecule has 0 aromatic carbocycles. The third-order valence-corrected chi connectivity index (χ3v) is 4.61. The fraction of sp³-hybridized carbons (Fsp3) is 0.941. The van der Waals surface area contributed by atoms with Crippen LogP contribution in [0.2, 0.25) is 0 Å². The van der Waals surface area contributed by atoms with E-state index in [4.69, 9.17) is 4.74 Å². The van der Waals surface area contributed by atoms with E-state index >= 15 is 0 Å². The maximum Gasteiger partial charge on any atom is 0.410 e. The second-order valence-electron chi connectivity index (χ2n) is 7.72. The van der Waals surface area contributed by atoms with E-state index in [0.29, 0.717) is 5.92 Å². The van der Waals surface area contributed by atoms with Crippen LogP contribution in [0.1, 0.15) is 59.3 Å². The highest BCUT2D eigenvalue weighted by Gasteiger charge is 2.26. The summed E-state index contributed by atoms with van der Waals surface area (Å²) in [6.07, 6.45) is 7.68. The average Bonchev–Trinajstić information content (AvgIpc) is 2.91. The van der Waals surface area contributed by atoms with E-state index < -0.39 is 5.60 Å². The Morgan fingerprint density at radius 2 is 1.57 bits per heavy atom. The number of nitrogens with zero attached hydrogens (tertiary/aromatic N) is 1. The topological polar surface area (TPSA) is 41.6 Å². The average molecular weight is 296 g/mol. The van der Waals surface area contributed by atoms with Crippen molar-refractivity contribution >= 4 is 6.09 Å². The van der Waals surface area contributed by atoms with Crippen LogP contribution in [-0.2, 0) is 4.74 Å². The van der Waals surface area contributed by atoms with Crippen LogP contribution in [0.15, 0.2) is 0 Å². The molecule has 0 spiro atoms. The molecule has 4 heteroatoms. The number of amides is 1. The van der Waals surface area contributed by atoms with E-state index in [1.165, 1.54) is 32.2 Å². The summed E-state index contributed by atoms with van der Waals surface area (Å²) < 4.78 is 5.43. The summed E-state index contributed by atoms with van der Waals surface area (Å²) in [6.45, 7) is 9.74. The van der Waals surface area contributed by atoms with Crippen molar-refractivity contribution in [3.05, 3.63) is 0 Å². The molecule has 1 saturated heterocycles. The van der Waals surface area contributed by atoms with Crippen LogP contribution in [-0.4, -0.2) is 42.8 Å². The van der Waals surface area contributed by atoms with Gasteiger partial charge in [-0.2, -0.15) is 0 Å². The summed E-state index contributed by atoms with van der Waals surface area (Å²) in [5.41, 5.74) is -0.392. The number of ether oxygens (including phenoxy) is 1. The van der Waals surface area contributed by atoms with Crippen molar-refractivity contribution < 1.29 is 9.53 Å². The fourth-order valence-corrected chi connectivity index (χ4v) is 3.35. The molecular weight excluding hydrogens is 264 g/mol. The smallest absolute Gasteiger partial charge is 0.410 e. The third kappa shape index (κ3) is 5.85. The summed E-state index contributed by atoms with van der Waals surface area (Å²) in [5.74, 6) is 1.62.